The second-order valence-corrected chi connectivity index (χ2v) is 4.25. The van der Waals surface area contributed by atoms with E-state index in [1.165, 1.54) is 0 Å². The minimum absolute atomic E-state index is 0.0810. The smallest absolute Gasteiger partial charge is 0.248 e. The molecule has 18 heavy (non-hydrogen) atoms. The Balaban J connectivity index is 1.61. The minimum Gasteiger partial charge on any atom is -0.371 e. The van der Waals surface area contributed by atoms with Crippen LogP contribution >= 0.6 is 0 Å². The highest BCUT2D eigenvalue weighted by Gasteiger charge is 2.15. The van der Waals surface area contributed by atoms with Gasteiger partial charge in [-0.25, -0.2) is 0 Å². The Bertz CT molecular complexity index is 364. The maximum Gasteiger partial charge on any atom is 0.248 e. The Morgan fingerprint density at radius 1 is 1.39 bits per heavy atom. The van der Waals surface area contributed by atoms with Gasteiger partial charge in [0.05, 0.1) is 6.61 Å². The number of carbonyl (C=O) groups excluding carboxylic acids is 1. The third-order valence-electron chi connectivity index (χ3n) is 2.92. The number of rotatable bonds is 5. The SMILES string of the molecule is O=C(COCCc1ccccn1)N1CCNCC1. The van der Waals surface area contributed by atoms with Crippen LogP contribution in [0.4, 0.5) is 0 Å². The van der Waals surface area contributed by atoms with E-state index >= 15 is 0 Å². The van der Waals surface area contributed by atoms with Crippen LogP contribution in [0.1, 0.15) is 5.69 Å². The van der Waals surface area contributed by atoms with Crippen LogP contribution in [0.25, 0.3) is 0 Å². The molecule has 0 saturated carbocycles. The van der Waals surface area contributed by atoms with Gasteiger partial charge in [-0.3, -0.25) is 9.78 Å². The van der Waals surface area contributed by atoms with Gasteiger partial charge < -0.3 is 15.0 Å². The molecule has 0 radical (unpaired) electrons. The summed E-state index contributed by atoms with van der Waals surface area (Å²) in [5.41, 5.74) is 0.993. The molecular formula is C13H19N3O2. The molecule has 0 aliphatic carbocycles. The van der Waals surface area contributed by atoms with Crippen LogP contribution in [-0.4, -0.2) is 55.2 Å². The molecule has 1 aliphatic rings. The summed E-state index contributed by atoms with van der Waals surface area (Å²) in [5.74, 6) is 0.0810. The molecule has 1 N–H and O–H groups in total. The van der Waals surface area contributed by atoms with Crippen molar-refractivity contribution in [2.24, 2.45) is 0 Å². The first-order valence-corrected chi connectivity index (χ1v) is 6.32. The average molecular weight is 249 g/mol. The van der Waals surface area contributed by atoms with Gasteiger partial charge in [0, 0.05) is 44.5 Å². The fourth-order valence-electron chi connectivity index (χ4n) is 1.89. The molecule has 1 fully saturated rings. The zero-order valence-corrected chi connectivity index (χ0v) is 10.5. The Hall–Kier alpha value is -1.46. The number of hydrogen-bond acceptors (Lipinski definition) is 4. The van der Waals surface area contributed by atoms with Crippen LogP contribution in [0.3, 0.4) is 0 Å². The molecule has 98 valence electrons. The maximum absolute atomic E-state index is 11.8. The van der Waals surface area contributed by atoms with E-state index in [9.17, 15) is 4.79 Å². The van der Waals surface area contributed by atoms with Crippen molar-refractivity contribution in [1.29, 1.82) is 0 Å². The van der Waals surface area contributed by atoms with E-state index in [0.29, 0.717) is 6.61 Å². The Morgan fingerprint density at radius 3 is 2.94 bits per heavy atom. The largest absolute Gasteiger partial charge is 0.371 e. The zero-order chi connectivity index (χ0) is 12.6. The van der Waals surface area contributed by atoms with Crippen LogP contribution in [0.15, 0.2) is 24.4 Å². The average Bonchev–Trinajstić information content (AvgIpc) is 2.45. The number of pyridine rings is 1. The minimum atomic E-state index is 0.0810. The van der Waals surface area contributed by atoms with Crippen LogP contribution in [0.5, 0.6) is 0 Å². The lowest BCUT2D eigenvalue weighted by atomic mass is 10.3. The number of amides is 1. The van der Waals surface area contributed by atoms with E-state index in [2.05, 4.69) is 10.3 Å². The van der Waals surface area contributed by atoms with Gasteiger partial charge in [0.1, 0.15) is 6.61 Å². The number of aromatic nitrogens is 1. The number of hydrogen-bond donors (Lipinski definition) is 1. The van der Waals surface area contributed by atoms with Crippen molar-refractivity contribution in [3.8, 4) is 0 Å². The van der Waals surface area contributed by atoms with Crippen molar-refractivity contribution in [3.63, 3.8) is 0 Å². The molecule has 0 unspecified atom stereocenters. The zero-order valence-electron chi connectivity index (χ0n) is 10.5. The van der Waals surface area contributed by atoms with Gasteiger partial charge in [-0.05, 0) is 12.1 Å². The third kappa shape index (κ3) is 4.09. The summed E-state index contributed by atoms with van der Waals surface area (Å²) in [6, 6.07) is 5.80. The van der Waals surface area contributed by atoms with Crippen molar-refractivity contribution >= 4 is 5.91 Å². The number of piperazine rings is 1. The standard InChI is InChI=1S/C13H19N3O2/c17-13(16-8-6-14-7-9-16)11-18-10-4-12-3-1-2-5-15-12/h1-3,5,14H,4,6-11H2. The number of ether oxygens (including phenoxy) is 1. The van der Waals surface area contributed by atoms with Crippen molar-refractivity contribution in [3.05, 3.63) is 30.1 Å². The van der Waals surface area contributed by atoms with Crippen LogP contribution in [-0.2, 0) is 16.0 Å². The van der Waals surface area contributed by atoms with Gasteiger partial charge in [-0.1, -0.05) is 6.07 Å². The van der Waals surface area contributed by atoms with E-state index in [1.54, 1.807) is 6.20 Å². The molecule has 1 aromatic rings. The van der Waals surface area contributed by atoms with Gasteiger partial charge in [-0.2, -0.15) is 0 Å². The lowest BCUT2D eigenvalue weighted by Crippen LogP contribution is -2.47. The lowest BCUT2D eigenvalue weighted by Gasteiger charge is -2.27. The Labute approximate surface area is 107 Å². The molecule has 0 bridgehead atoms. The van der Waals surface area contributed by atoms with Crippen LogP contribution < -0.4 is 5.32 Å². The molecule has 1 aromatic heterocycles. The van der Waals surface area contributed by atoms with Crippen molar-refractivity contribution < 1.29 is 9.53 Å². The fraction of sp³-hybridized carbons (Fsp3) is 0.538. The normalized spacial score (nSPS) is 15.7. The molecule has 2 rings (SSSR count). The first-order chi connectivity index (χ1) is 8.86. The van der Waals surface area contributed by atoms with Crippen molar-refractivity contribution in [1.82, 2.24) is 15.2 Å². The monoisotopic (exact) mass is 249 g/mol. The Morgan fingerprint density at radius 2 is 2.22 bits per heavy atom. The number of nitrogens with one attached hydrogen (secondary N) is 1. The van der Waals surface area contributed by atoms with E-state index < -0.39 is 0 Å². The second kappa shape index (κ2) is 7.08. The van der Waals surface area contributed by atoms with E-state index in [4.69, 9.17) is 4.74 Å². The lowest BCUT2D eigenvalue weighted by molar-refractivity contribution is -0.136. The molecule has 0 atom stereocenters. The van der Waals surface area contributed by atoms with E-state index in [-0.39, 0.29) is 12.5 Å². The third-order valence-corrected chi connectivity index (χ3v) is 2.92. The molecule has 5 heteroatoms. The van der Waals surface area contributed by atoms with Gasteiger partial charge in [0.15, 0.2) is 0 Å². The molecular weight excluding hydrogens is 230 g/mol. The highest BCUT2D eigenvalue weighted by Crippen LogP contribution is 1.97. The van der Waals surface area contributed by atoms with Gasteiger partial charge in [0.25, 0.3) is 0 Å². The molecule has 2 heterocycles. The summed E-state index contributed by atoms with van der Waals surface area (Å²) in [4.78, 5) is 17.8. The summed E-state index contributed by atoms with van der Waals surface area (Å²) in [5, 5.41) is 3.22. The molecule has 1 saturated heterocycles. The van der Waals surface area contributed by atoms with Gasteiger partial charge in [-0.15, -0.1) is 0 Å². The second-order valence-electron chi connectivity index (χ2n) is 4.25. The topological polar surface area (TPSA) is 54.5 Å². The summed E-state index contributed by atoms with van der Waals surface area (Å²) in [6.07, 6.45) is 2.51. The highest BCUT2D eigenvalue weighted by molar-refractivity contribution is 5.77. The summed E-state index contributed by atoms with van der Waals surface area (Å²) < 4.78 is 5.40. The Kier molecular flexibility index (Phi) is 5.11. The maximum atomic E-state index is 11.8. The van der Waals surface area contributed by atoms with Crippen molar-refractivity contribution in [2.75, 3.05) is 39.4 Å². The van der Waals surface area contributed by atoms with Crippen molar-refractivity contribution in [2.45, 2.75) is 6.42 Å². The van der Waals surface area contributed by atoms with Gasteiger partial charge in [0.2, 0.25) is 5.91 Å². The molecule has 0 aromatic carbocycles. The van der Waals surface area contributed by atoms with E-state index in [0.717, 1.165) is 38.3 Å². The predicted molar refractivity (Wildman–Crippen MR) is 68.2 cm³/mol. The van der Waals surface area contributed by atoms with Crippen LogP contribution in [0.2, 0.25) is 0 Å². The molecule has 1 amide bonds. The molecule has 1 aliphatic heterocycles. The summed E-state index contributed by atoms with van der Waals surface area (Å²) in [7, 11) is 0. The summed E-state index contributed by atoms with van der Waals surface area (Å²) in [6.45, 7) is 4.02. The van der Waals surface area contributed by atoms with E-state index in [1.807, 2.05) is 23.1 Å². The quantitative estimate of drug-likeness (QED) is 0.751. The van der Waals surface area contributed by atoms with Crippen LogP contribution in [0, 0.1) is 0 Å². The first-order valence-electron chi connectivity index (χ1n) is 6.32. The number of carbonyl (C=O) groups is 1. The van der Waals surface area contributed by atoms with Gasteiger partial charge >= 0.3 is 0 Å². The molecule has 0 spiro atoms. The summed E-state index contributed by atoms with van der Waals surface area (Å²) >= 11 is 0. The first kappa shape index (κ1) is 13.0. The fourth-order valence-corrected chi connectivity index (χ4v) is 1.89. The molecule has 5 nitrogen and oxygen atoms in total. The predicted octanol–water partition coefficient (Wildman–Crippen LogP) is 0.0725. The number of nitrogens with zero attached hydrogens (tertiary/aromatic N) is 2. The highest BCUT2D eigenvalue weighted by atomic mass is 16.5.